The monoisotopic (exact) mass is 544 g/mol. The second-order valence-corrected chi connectivity index (χ2v) is 10.3. The topological polar surface area (TPSA) is 79.6 Å². The highest BCUT2D eigenvalue weighted by Gasteiger charge is 2.39. The van der Waals surface area contributed by atoms with E-state index < -0.39 is 5.60 Å². The first kappa shape index (κ1) is 29.0. The summed E-state index contributed by atoms with van der Waals surface area (Å²) in [6.45, 7) is 8.18. The van der Waals surface area contributed by atoms with Crippen molar-refractivity contribution in [3.05, 3.63) is 77.1 Å². The van der Waals surface area contributed by atoms with Crippen LogP contribution in [0.1, 0.15) is 61.1 Å². The molecular formula is C30H37BN4O3S. The fraction of sp³-hybridized carbons (Fsp3) is 0.400. The number of carbonyl (C=O) groups is 1. The van der Waals surface area contributed by atoms with Crippen LogP contribution in [0.4, 0.5) is 5.69 Å². The van der Waals surface area contributed by atoms with Crippen LogP contribution in [-0.2, 0) is 6.54 Å². The molecule has 9 heteroatoms. The van der Waals surface area contributed by atoms with E-state index in [1.54, 1.807) is 10.9 Å². The Bertz CT molecular complexity index is 1320. The Kier molecular flexibility index (Phi) is 9.59. The van der Waals surface area contributed by atoms with Crippen molar-refractivity contribution in [3.63, 3.8) is 0 Å². The number of hydrogen-bond donors (Lipinski definition) is 3. The van der Waals surface area contributed by atoms with Crippen LogP contribution in [0.3, 0.4) is 0 Å². The van der Waals surface area contributed by atoms with Crippen LogP contribution in [0, 0.1) is 6.92 Å². The molecule has 0 bridgehead atoms. The fourth-order valence-corrected chi connectivity index (χ4v) is 5.11. The SMILES string of the molecule is CC.[B]COc1cc(NC(=O)c2cn(-c3ccc(S)cc3)nc2C)ccc1CN1CCC=C(C2(O)CCC2)C1. The van der Waals surface area contributed by atoms with Gasteiger partial charge in [-0.05, 0) is 68.5 Å². The van der Waals surface area contributed by atoms with Gasteiger partial charge in [-0.2, -0.15) is 5.10 Å². The number of thiol groups is 1. The zero-order valence-electron chi connectivity index (χ0n) is 23.0. The zero-order chi connectivity index (χ0) is 28.0. The third-order valence-electron chi connectivity index (χ3n) is 7.22. The summed E-state index contributed by atoms with van der Waals surface area (Å²) in [6.07, 6.45) is 7.63. The molecule has 2 heterocycles. The van der Waals surface area contributed by atoms with Crippen molar-refractivity contribution in [2.24, 2.45) is 0 Å². The summed E-state index contributed by atoms with van der Waals surface area (Å²) < 4.78 is 7.43. The van der Waals surface area contributed by atoms with Crippen molar-refractivity contribution >= 4 is 32.1 Å². The van der Waals surface area contributed by atoms with E-state index in [1.165, 1.54) is 0 Å². The van der Waals surface area contributed by atoms with Crippen molar-refractivity contribution in [2.45, 2.75) is 63.5 Å². The molecule has 1 aromatic heterocycles. The number of aryl methyl sites for hydroxylation is 1. The molecule has 1 fully saturated rings. The van der Waals surface area contributed by atoms with Gasteiger partial charge in [-0.15, -0.1) is 12.6 Å². The van der Waals surface area contributed by atoms with Crippen LogP contribution in [0.15, 0.2) is 65.2 Å². The number of nitrogens with zero attached hydrogens (tertiary/aromatic N) is 3. The lowest BCUT2D eigenvalue weighted by molar-refractivity contribution is -0.00592. The molecule has 0 unspecified atom stereocenters. The van der Waals surface area contributed by atoms with Crippen molar-refractivity contribution in [1.29, 1.82) is 0 Å². The highest BCUT2D eigenvalue weighted by molar-refractivity contribution is 7.80. The quantitative estimate of drug-likeness (QED) is 0.204. The van der Waals surface area contributed by atoms with Crippen LogP contribution < -0.4 is 10.1 Å². The van der Waals surface area contributed by atoms with Crippen LogP contribution >= 0.6 is 12.6 Å². The van der Waals surface area contributed by atoms with E-state index in [0.717, 1.165) is 60.5 Å². The van der Waals surface area contributed by atoms with Crippen LogP contribution in [0.25, 0.3) is 5.69 Å². The number of rotatable bonds is 8. The second-order valence-electron chi connectivity index (χ2n) is 9.79. The molecule has 5 rings (SSSR count). The number of ether oxygens (including phenoxy) is 1. The Morgan fingerprint density at radius 3 is 2.62 bits per heavy atom. The summed E-state index contributed by atoms with van der Waals surface area (Å²) in [7, 11) is 5.72. The number of anilines is 1. The van der Waals surface area contributed by atoms with E-state index in [-0.39, 0.29) is 12.4 Å². The summed E-state index contributed by atoms with van der Waals surface area (Å²) in [4.78, 5) is 16.3. The number of aliphatic hydroxyl groups is 1. The minimum absolute atomic E-state index is 0.0340. The van der Waals surface area contributed by atoms with Gasteiger partial charge in [0.25, 0.3) is 5.91 Å². The lowest BCUT2D eigenvalue weighted by Gasteiger charge is -2.42. The molecule has 0 spiro atoms. The molecule has 1 aliphatic carbocycles. The van der Waals surface area contributed by atoms with Crippen LogP contribution in [0.5, 0.6) is 5.75 Å². The van der Waals surface area contributed by atoms with Gasteiger partial charge >= 0.3 is 0 Å². The lowest BCUT2D eigenvalue weighted by atomic mass is 9.73. The number of amides is 1. The fourth-order valence-electron chi connectivity index (χ4n) is 4.96. The molecule has 3 aromatic rings. The summed E-state index contributed by atoms with van der Waals surface area (Å²) >= 11 is 4.32. The van der Waals surface area contributed by atoms with Gasteiger partial charge in [0, 0.05) is 54.6 Å². The first-order valence-corrected chi connectivity index (χ1v) is 14.1. The molecule has 0 atom stereocenters. The Hall–Kier alpha value is -3.01. The van der Waals surface area contributed by atoms with Crippen molar-refractivity contribution in [1.82, 2.24) is 14.7 Å². The van der Waals surface area contributed by atoms with Crippen LogP contribution in [0.2, 0.25) is 0 Å². The molecule has 1 amide bonds. The van der Waals surface area contributed by atoms with E-state index >= 15 is 0 Å². The number of nitrogens with one attached hydrogen (secondary N) is 1. The van der Waals surface area contributed by atoms with E-state index in [4.69, 9.17) is 12.6 Å². The minimum atomic E-state index is -0.620. The van der Waals surface area contributed by atoms with Gasteiger partial charge in [-0.25, -0.2) is 4.68 Å². The largest absolute Gasteiger partial charge is 0.503 e. The van der Waals surface area contributed by atoms with Gasteiger partial charge < -0.3 is 15.2 Å². The number of hydrogen-bond acceptors (Lipinski definition) is 6. The zero-order valence-corrected chi connectivity index (χ0v) is 23.9. The maximum atomic E-state index is 13.1. The number of aromatic nitrogens is 2. The van der Waals surface area contributed by atoms with E-state index in [0.29, 0.717) is 29.2 Å². The Balaban J connectivity index is 0.00000172. The molecule has 2 N–H and O–H groups in total. The standard InChI is InChI=1S/C28H31BN4O3S.C2H6/c1-19-25(17-33(31-19)23-7-9-24(37)10-8-23)27(34)30-22-6-5-20(26(14-22)36-18-29)15-32-13-2-4-21(16-32)28(35)11-3-12-28;1-2/h4-10,14,17,35,37H,2-3,11-13,15-16,18H2,1H3,(H,30,34);1-2H3. The van der Waals surface area contributed by atoms with Gasteiger partial charge in [0.05, 0.1) is 22.5 Å². The van der Waals surface area contributed by atoms with Gasteiger partial charge in [0.15, 0.2) is 0 Å². The van der Waals surface area contributed by atoms with Gasteiger partial charge in [0.2, 0.25) is 0 Å². The molecule has 2 aromatic carbocycles. The normalized spacial score (nSPS) is 16.4. The summed E-state index contributed by atoms with van der Waals surface area (Å²) in [6, 6.07) is 13.2. The van der Waals surface area contributed by atoms with Crippen molar-refractivity contribution in [3.8, 4) is 11.4 Å². The maximum absolute atomic E-state index is 13.1. The molecule has 204 valence electrons. The van der Waals surface area contributed by atoms with E-state index in [9.17, 15) is 9.90 Å². The third kappa shape index (κ3) is 6.77. The predicted octanol–water partition coefficient (Wildman–Crippen LogP) is 5.30. The highest BCUT2D eigenvalue weighted by atomic mass is 32.1. The highest BCUT2D eigenvalue weighted by Crippen LogP contribution is 2.40. The average Bonchev–Trinajstić information content (AvgIpc) is 3.32. The number of carbonyl (C=O) groups excluding carboxylic acids is 1. The first-order chi connectivity index (χ1) is 18.8. The van der Waals surface area contributed by atoms with Gasteiger partial charge in [-0.1, -0.05) is 26.0 Å². The lowest BCUT2D eigenvalue weighted by Crippen LogP contribution is -2.45. The van der Waals surface area contributed by atoms with Crippen molar-refractivity contribution < 1.29 is 14.6 Å². The molecule has 0 saturated heterocycles. The molecule has 1 saturated carbocycles. The van der Waals surface area contributed by atoms with E-state index in [2.05, 4.69) is 34.0 Å². The Morgan fingerprint density at radius 1 is 1.21 bits per heavy atom. The molecular weight excluding hydrogens is 507 g/mol. The molecule has 7 nitrogen and oxygen atoms in total. The molecule has 1 aliphatic heterocycles. The molecule has 39 heavy (non-hydrogen) atoms. The summed E-state index contributed by atoms with van der Waals surface area (Å²) in [5.74, 6) is 0.388. The first-order valence-electron chi connectivity index (χ1n) is 13.6. The number of benzene rings is 2. The summed E-state index contributed by atoms with van der Waals surface area (Å²) in [5, 5.41) is 18.2. The van der Waals surface area contributed by atoms with Crippen LogP contribution in [-0.4, -0.2) is 58.7 Å². The molecule has 2 radical (unpaired) electrons. The summed E-state index contributed by atoms with van der Waals surface area (Å²) in [5.41, 5.74) is 4.08. The van der Waals surface area contributed by atoms with E-state index in [1.807, 2.05) is 63.2 Å². The van der Waals surface area contributed by atoms with Crippen molar-refractivity contribution in [2.75, 3.05) is 24.9 Å². The smallest absolute Gasteiger partial charge is 0.259 e. The third-order valence-corrected chi connectivity index (χ3v) is 7.52. The van der Waals surface area contributed by atoms with Gasteiger partial charge in [0.1, 0.15) is 13.6 Å². The Morgan fingerprint density at radius 2 is 1.95 bits per heavy atom. The Labute approximate surface area is 238 Å². The average molecular weight is 545 g/mol. The molecule has 2 aliphatic rings. The second kappa shape index (κ2) is 12.9. The van der Waals surface area contributed by atoms with Gasteiger partial charge in [-0.3, -0.25) is 9.69 Å². The predicted molar refractivity (Wildman–Crippen MR) is 159 cm³/mol. The minimum Gasteiger partial charge on any atom is -0.503 e. The maximum Gasteiger partial charge on any atom is 0.259 e.